The highest BCUT2D eigenvalue weighted by Gasteiger charge is 1.99. The molecular weight excluding hydrogens is 290 g/mol. The highest BCUT2D eigenvalue weighted by Crippen LogP contribution is 2.09. The Balaban J connectivity index is 3.40. The van der Waals surface area contributed by atoms with Gasteiger partial charge in [0.05, 0.1) is 6.61 Å². The Kier molecular flexibility index (Phi) is 16.1. The first kappa shape index (κ1) is 21.7. The molecule has 0 heterocycles. The molecule has 0 aliphatic carbocycles. The van der Waals surface area contributed by atoms with Crippen molar-refractivity contribution in [2.45, 2.75) is 84.5 Å². The zero-order chi connectivity index (χ0) is 17.2. The number of ether oxygens (including phenoxy) is 1. The highest BCUT2D eigenvalue weighted by molar-refractivity contribution is 5.94. The quantitative estimate of drug-likeness (QED) is 0.273. The SMILES string of the molecule is CCCCCCCCCCCNC(=O)/C=C/C(=O)OCCCC. The van der Waals surface area contributed by atoms with E-state index < -0.39 is 5.97 Å². The Bertz CT molecular complexity index is 327. The standard InChI is InChI=1S/C19H35NO3/c1-3-5-7-8-9-10-11-12-13-16-20-18(21)14-15-19(22)23-17-6-4-2/h14-15H,3-13,16-17H2,1-2H3,(H,20,21)/b15-14+. The topological polar surface area (TPSA) is 55.4 Å². The molecule has 4 heteroatoms. The number of carbonyl (C=O) groups is 2. The summed E-state index contributed by atoms with van der Waals surface area (Å²) in [5.74, 6) is -0.673. The molecule has 0 aromatic heterocycles. The van der Waals surface area contributed by atoms with Gasteiger partial charge in [-0.15, -0.1) is 0 Å². The van der Waals surface area contributed by atoms with Gasteiger partial charge in [-0.2, -0.15) is 0 Å². The van der Waals surface area contributed by atoms with E-state index in [9.17, 15) is 9.59 Å². The summed E-state index contributed by atoms with van der Waals surface area (Å²) in [6, 6.07) is 0. The van der Waals surface area contributed by atoms with E-state index in [-0.39, 0.29) is 5.91 Å². The molecule has 0 aliphatic heterocycles. The van der Waals surface area contributed by atoms with E-state index in [1.807, 2.05) is 6.92 Å². The van der Waals surface area contributed by atoms with E-state index in [1.54, 1.807) is 0 Å². The smallest absolute Gasteiger partial charge is 0.330 e. The Labute approximate surface area is 142 Å². The van der Waals surface area contributed by atoms with Gasteiger partial charge in [-0.3, -0.25) is 4.79 Å². The fourth-order valence-corrected chi connectivity index (χ4v) is 2.22. The molecule has 0 aromatic rings. The Morgan fingerprint density at radius 3 is 1.96 bits per heavy atom. The van der Waals surface area contributed by atoms with Crippen molar-refractivity contribution in [3.05, 3.63) is 12.2 Å². The van der Waals surface area contributed by atoms with Gasteiger partial charge in [0.15, 0.2) is 0 Å². The van der Waals surface area contributed by atoms with E-state index in [4.69, 9.17) is 4.74 Å². The molecule has 0 spiro atoms. The fourth-order valence-electron chi connectivity index (χ4n) is 2.22. The second-order valence-corrected chi connectivity index (χ2v) is 5.97. The van der Waals surface area contributed by atoms with Crippen molar-refractivity contribution in [3.63, 3.8) is 0 Å². The molecule has 0 saturated heterocycles. The van der Waals surface area contributed by atoms with Crippen LogP contribution in [-0.2, 0) is 14.3 Å². The molecular formula is C19H35NO3. The molecule has 0 aromatic carbocycles. The van der Waals surface area contributed by atoms with Gasteiger partial charge >= 0.3 is 5.97 Å². The summed E-state index contributed by atoms with van der Waals surface area (Å²) in [4.78, 5) is 22.8. The van der Waals surface area contributed by atoms with Crippen LogP contribution in [-0.4, -0.2) is 25.0 Å². The van der Waals surface area contributed by atoms with Crippen LogP contribution >= 0.6 is 0 Å². The van der Waals surface area contributed by atoms with Crippen LogP contribution in [0, 0.1) is 0 Å². The average Bonchev–Trinajstić information content (AvgIpc) is 2.55. The number of carbonyl (C=O) groups excluding carboxylic acids is 2. The largest absolute Gasteiger partial charge is 0.463 e. The van der Waals surface area contributed by atoms with Crippen molar-refractivity contribution in [3.8, 4) is 0 Å². The summed E-state index contributed by atoms with van der Waals surface area (Å²) in [5, 5.41) is 2.79. The van der Waals surface area contributed by atoms with Gasteiger partial charge in [0.1, 0.15) is 0 Å². The minimum absolute atomic E-state index is 0.225. The molecule has 1 amide bonds. The van der Waals surface area contributed by atoms with Crippen molar-refractivity contribution >= 4 is 11.9 Å². The van der Waals surface area contributed by atoms with Gasteiger partial charge in [-0.25, -0.2) is 4.79 Å². The van der Waals surface area contributed by atoms with Gasteiger partial charge in [-0.05, 0) is 12.8 Å². The summed E-state index contributed by atoms with van der Waals surface area (Å²) in [5.41, 5.74) is 0. The summed E-state index contributed by atoms with van der Waals surface area (Å²) >= 11 is 0. The van der Waals surface area contributed by atoms with Crippen molar-refractivity contribution in [2.24, 2.45) is 0 Å². The Morgan fingerprint density at radius 1 is 0.783 bits per heavy atom. The second kappa shape index (κ2) is 17.0. The maximum absolute atomic E-state index is 11.5. The molecule has 0 saturated carbocycles. The number of esters is 1. The van der Waals surface area contributed by atoms with Gasteiger partial charge in [-0.1, -0.05) is 71.6 Å². The third-order valence-corrected chi connectivity index (χ3v) is 3.69. The molecule has 23 heavy (non-hydrogen) atoms. The number of nitrogens with one attached hydrogen (secondary N) is 1. The van der Waals surface area contributed by atoms with E-state index in [0.29, 0.717) is 13.2 Å². The van der Waals surface area contributed by atoms with Gasteiger partial charge in [0.25, 0.3) is 0 Å². The van der Waals surface area contributed by atoms with Crippen LogP contribution in [0.2, 0.25) is 0 Å². The first-order valence-electron chi connectivity index (χ1n) is 9.33. The summed E-state index contributed by atoms with van der Waals surface area (Å²) < 4.78 is 4.93. The maximum Gasteiger partial charge on any atom is 0.330 e. The van der Waals surface area contributed by atoms with E-state index in [2.05, 4.69) is 12.2 Å². The van der Waals surface area contributed by atoms with E-state index >= 15 is 0 Å². The summed E-state index contributed by atoms with van der Waals surface area (Å²) in [6.45, 7) is 5.35. The molecule has 0 radical (unpaired) electrons. The van der Waals surface area contributed by atoms with Crippen molar-refractivity contribution in [1.82, 2.24) is 5.32 Å². The molecule has 4 nitrogen and oxygen atoms in total. The Hall–Kier alpha value is -1.32. The zero-order valence-corrected chi connectivity index (χ0v) is 15.1. The third-order valence-electron chi connectivity index (χ3n) is 3.69. The van der Waals surface area contributed by atoms with Crippen LogP contribution in [0.5, 0.6) is 0 Å². The van der Waals surface area contributed by atoms with Gasteiger partial charge in [0, 0.05) is 18.7 Å². The number of amides is 1. The molecule has 0 fully saturated rings. The fraction of sp³-hybridized carbons (Fsp3) is 0.789. The Morgan fingerprint density at radius 2 is 1.35 bits per heavy atom. The van der Waals surface area contributed by atoms with E-state index in [1.165, 1.54) is 57.1 Å². The minimum Gasteiger partial charge on any atom is -0.463 e. The van der Waals surface area contributed by atoms with Crippen LogP contribution in [0.25, 0.3) is 0 Å². The van der Waals surface area contributed by atoms with E-state index in [0.717, 1.165) is 25.7 Å². The number of hydrogen-bond acceptors (Lipinski definition) is 3. The van der Waals surface area contributed by atoms with Crippen molar-refractivity contribution in [1.29, 1.82) is 0 Å². The lowest BCUT2D eigenvalue weighted by atomic mass is 10.1. The van der Waals surface area contributed by atoms with Crippen LogP contribution in [0.3, 0.4) is 0 Å². The zero-order valence-electron chi connectivity index (χ0n) is 15.1. The maximum atomic E-state index is 11.5. The van der Waals surface area contributed by atoms with Crippen LogP contribution in [0.15, 0.2) is 12.2 Å². The molecule has 0 atom stereocenters. The van der Waals surface area contributed by atoms with Crippen LogP contribution in [0.1, 0.15) is 84.5 Å². The number of hydrogen-bond donors (Lipinski definition) is 1. The number of unbranched alkanes of at least 4 members (excludes halogenated alkanes) is 9. The number of rotatable bonds is 15. The normalized spacial score (nSPS) is 10.9. The lowest BCUT2D eigenvalue weighted by molar-refractivity contribution is -0.138. The average molecular weight is 325 g/mol. The predicted molar refractivity (Wildman–Crippen MR) is 95.2 cm³/mol. The summed E-state index contributed by atoms with van der Waals surface area (Å²) in [7, 11) is 0. The van der Waals surface area contributed by atoms with Gasteiger partial charge < -0.3 is 10.1 Å². The molecule has 0 aliphatic rings. The van der Waals surface area contributed by atoms with Gasteiger partial charge in [0.2, 0.25) is 5.91 Å². The van der Waals surface area contributed by atoms with Crippen LogP contribution < -0.4 is 5.32 Å². The van der Waals surface area contributed by atoms with Crippen molar-refractivity contribution < 1.29 is 14.3 Å². The van der Waals surface area contributed by atoms with Crippen LogP contribution in [0.4, 0.5) is 0 Å². The molecule has 134 valence electrons. The lowest BCUT2D eigenvalue weighted by Crippen LogP contribution is -2.22. The monoisotopic (exact) mass is 325 g/mol. The first-order valence-corrected chi connectivity index (χ1v) is 9.33. The molecule has 1 N–H and O–H groups in total. The molecule has 0 unspecified atom stereocenters. The first-order chi connectivity index (χ1) is 11.2. The second-order valence-electron chi connectivity index (χ2n) is 5.97. The summed E-state index contributed by atoms with van der Waals surface area (Å²) in [6.07, 6.45) is 15.6. The minimum atomic E-state index is -0.448. The van der Waals surface area contributed by atoms with Crippen molar-refractivity contribution in [2.75, 3.05) is 13.2 Å². The third kappa shape index (κ3) is 16.9. The molecule has 0 rings (SSSR count). The predicted octanol–water partition coefficient (Wildman–Crippen LogP) is 4.53. The highest BCUT2D eigenvalue weighted by atomic mass is 16.5. The lowest BCUT2D eigenvalue weighted by Gasteiger charge is -2.03. The molecule has 0 bridgehead atoms.